The Labute approximate surface area is 104 Å². The van der Waals surface area contributed by atoms with Gasteiger partial charge in [-0.05, 0) is 13.8 Å². The van der Waals surface area contributed by atoms with E-state index in [-0.39, 0.29) is 18.2 Å². The summed E-state index contributed by atoms with van der Waals surface area (Å²) < 4.78 is 0. The number of hydrogen-bond acceptors (Lipinski definition) is 4. The van der Waals surface area contributed by atoms with E-state index in [0.29, 0.717) is 13.1 Å². The van der Waals surface area contributed by atoms with Gasteiger partial charge >= 0.3 is 0 Å². The van der Waals surface area contributed by atoms with E-state index >= 15 is 0 Å². The maximum absolute atomic E-state index is 11.7. The van der Waals surface area contributed by atoms with E-state index in [1.165, 1.54) is 0 Å². The summed E-state index contributed by atoms with van der Waals surface area (Å²) in [5, 5.41) is 0.996. The van der Waals surface area contributed by atoms with Gasteiger partial charge in [-0.3, -0.25) is 9.59 Å². The number of thiazole rings is 1. The Balaban J connectivity index is 2.07. The fourth-order valence-electron chi connectivity index (χ4n) is 2.01. The Hall–Kier alpha value is -1.43. The lowest BCUT2D eigenvalue weighted by Gasteiger charge is -2.15. The Kier molecular flexibility index (Phi) is 3.15. The van der Waals surface area contributed by atoms with Crippen LogP contribution in [-0.4, -0.2) is 28.2 Å². The van der Waals surface area contributed by atoms with E-state index in [2.05, 4.69) is 4.98 Å². The summed E-state index contributed by atoms with van der Waals surface area (Å²) in [6.07, 6.45) is 0.242. The second-order valence-electron chi connectivity index (χ2n) is 4.32. The molecule has 6 heteroatoms. The molecule has 1 atom stereocenters. The average molecular weight is 253 g/mol. The minimum absolute atomic E-state index is 0.000692. The van der Waals surface area contributed by atoms with Crippen molar-refractivity contribution in [2.24, 2.45) is 11.7 Å². The molecule has 1 unspecified atom stereocenters. The predicted octanol–water partition coefficient (Wildman–Crippen LogP) is 0.594. The average Bonchev–Trinajstić information content (AvgIpc) is 2.73. The first kappa shape index (κ1) is 12.0. The van der Waals surface area contributed by atoms with Crippen molar-refractivity contribution < 1.29 is 9.59 Å². The fourth-order valence-corrected chi connectivity index (χ4v) is 2.96. The first-order valence-corrected chi connectivity index (χ1v) is 6.29. The largest absolute Gasteiger partial charge is 0.369 e. The van der Waals surface area contributed by atoms with Crippen molar-refractivity contribution in [1.29, 1.82) is 0 Å². The summed E-state index contributed by atoms with van der Waals surface area (Å²) in [4.78, 5) is 29.9. The molecule has 1 aromatic rings. The highest BCUT2D eigenvalue weighted by Crippen LogP contribution is 2.24. The van der Waals surface area contributed by atoms with Crippen molar-refractivity contribution in [2.75, 3.05) is 6.54 Å². The van der Waals surface area contributed by atoms with Gasteiger partial charge < -0.3 is 10.6 Å². The van der Waals surface area contributed by atoms with Crippen molar-refractivity contribution in [3.05, 3.63) is 15.6 Å². The number of likely N-dealkylation sites (tertiary alicyclic amines) is 1. The molecule has 0 spiro atoms. The maximum atomic E-state index is 11.7. The second-order valence-corrected chi connectivity index (χ2v) is 5.61. The third-order valence-electron chi connectivity index (χ3n) is 2.95. The van der Waals surface area contributed by atoms with Crippen LogP contribution < -0.4 is 5.73 Å². The third kappa shape index (κ3) is 2.46. The number of carbonyl (C=O) groups excluding carboxylic acids is 2. The monoisotopic (exact) mass is 253 g/mol. The molecule has 5 nitrogen and oxygen atoms in total. The predicted molar refractivity (Wildman–Crippen MR) is 64.3 cm³/mol. The van der Waals surface area contributed by atoms with E-state index in [9.17, 15) is 9.59 Å². The van der Waals surface area contributed by atoms with E-state index in [1.807, 2.05) is 13.8 Å². The maximum Gasteiger partial charge on any atom is 0.223 e. The zero-order valence-electron chi connectivity index (χ0n) is 9.90. The Bertz CT molecular complexity index is 469. The number of hydrogen-bond donors (Lipinski definition) is 1. The number of primary amides is 1. The zero-order valence-corrected chi connectivity index (χ0v) is 10.7. The molecule has 92 valence electrons. The quantitative estimate of drug-likeness (QED) is 0.856. The Morgan fingerprint density at radius 1 is 1.59 bits per heavy atom. The number of aryl methyl sites for hydroxylation is 2. The number of nitrogens with zero attached hydrogens (tertiary/aromatic N) is 2. The van der Waals surface area contributed by atoms with Gasteiger partial charge in [-0.25, -0.2) is 4.98 Å². The molecule has 1 aliphatic heterocycles. The standard InChI is InChI=1S/C11H15N3O2S/c1-6-9(17-7(2)13-6)5-14-4-8(11(12)16)3-10(14)15/h8H,3-5H2,1-2H3,(H2,12,16). The molecule has 0 aliphatic carbocycles. The molecule has 17 heavy (non-hydrogen) atoms. The van der Waals surface area contributed by atoms with Crippen LogP contribution in [0, 0.1) is 19.8 Å². The van der Waals surface area contributed by atoms with Crippen molar-refractivity contribution in [3.8, 4) is 0 Å². The first-order chi connectivity index (χ1) is 7.97. The molecule has 0 saturated carbocycles. The van der Waals surface area contributed by atoms with Gasteiger partial charge in [0, 0.05) is 17.8 Å². The molecule has 1 saturated heterocycles. The molecule has 2 N–H and O–H groups in total. The smallest absolute Gasteiger partial charge is 0.223 e. The highest BCUT2D eigenvalue weighted by Gasteiger charge is 2.33. The Morgan fingerprint density at radius 3 is 2.76 bits per heavy atom. The highest BCUT2D eigenvalue weighted by atomic mass is 32.1. The Morgan fingerprint density at radius 2 is 2.29 bits per heavy atom. The lowest BCUT2D eigenvalue weighted by atomic mass is 10.1. The van der Waals surface area contributed by atoms with Crippen LogP contribution in [0.5, 0.6) is 0 Å². The SMILES string of the molecule is Cc1nc(C)c(CN2CC(C(N)=O)CC2=O)s1. The summed E-state index contributed by atoms with van der Waals surface area (Å²) in [7, 11) is 0. The van der Waals surface area contributed by atoms with Crippen molar-refractivity contribution >= 4 is 23.2 Å². The fraction of sp³-hybridized carbons (Fsp3) is 0.545. The minimum Gasteiger partial charge on any atom is -0.369 e. The summed E-state index contributed by atoms with van der Waals surface area (Å²) in [5.74, 6) is -0.728. The van der Waals surface area contributed by atoms with Crippen molar-refractivity contribution in [2.45, 2.75) is 26.8 Å². The summed E-state index contributed by atoms with van der Waals surface area (Å²) in [6, 6.07) is 0. The van der Waals surface area contributed by atoms with Crippen LogP contribution in [0.25, 0.3) is 0 Å². The molecule has 2 rings (SSSR count). The van der Waals surface area contributed by atoms with Crippen LogP contribution in [0.1, 0.15) is 22.0 Å². The molecular formula is C11H15N3O2S. The summed E-state index contributed by atoms with van der Waals surface area (Å²) >= 11 is 1.59. The van der Waals surface area contributed by atoms with Crippen LogP contribution in [0.15, 0.2) is 0 Å². The van der Waals surface area contributed by atoms with Gasteiger partial charge in [-0.2, -0.15) is 0 Å². The molecule has 2 heterocycles. The first-order valence-electron chi connectivity index (χ1n) is 5.47. The molecule has 0 radical (unpaired) electrons. The molecule has 1 aliphatic rings. The molecule has 1 aromatic heterocycles. The van der Waals surface area contributed by atoms with Crippen LogP contribution in [-0.2, 0) is 16.1 Å². The van der Waals surface area contributed by atoms with Crippen molar-refractivity contribution in [3.63, 3.8) is 0 Å². The molecule has 1 fully saturated rings. The number of carbonyl (C=O) groups is 2. The summed E-state index contributed by atoms with van der Waals surface area (Å²) in [6.45, 7) is 4.86. The van der Waals surface area contributed by atoms with Gasteiger partial charge in [0.2, 0.25) is 11.8 Å². The van der Waals surface area contributed by atoms with Gasteiger partial charge in [0.05, 0.1) is 23.2 Å². The van der Waals surface area contributed by atoms with Gasteiger partial charge in [-0.15, -0.1) is 11.3 Å². The summed E-state index contributed by atoms with van der Waals surface area (Å²) in [5.41, 5.74) is 6.18. The number of rotatable bonds is 3. The van der Waals surface area contributed by atoms with E-state index in [1.54, 1.807) is 16.2 Å². The topological polar surface area (TPSA) is 76.3 Å². The zero-order chi connectivity index (χ0) is 12.6. The molecule has 0 bridgehead atoms. The normalized spacial score (nSPS) is 20.0. The van der Waals surface area contributed by atoms with Crippen LogP contribution >= 0.6 is 11.3 Å². The van der Waals surface area contributed by atoms with E-state index in [4.69, 9.17) is 5.73 Å². The minimum atomic E-state index is -0.391. The molecule has 0 aromatic carbocycles. The van der Waals surface area contributed by atoms with Gasteiger partial charge in [0.1, 0.15) is 0 Å². The van der Waals surface area contributed by atoms with Gasteiger partial charge in [-0.1, -0.05) is 0 Å². The lowest BCUT2D eigenvalue weighted by molar-refractivity contribution is -0.128. The van der Waals surface area contributed by atoms with Gasteiger partial charge in [0.15, 0.2) is 0 Å². The highest BCUT2D eigenvalue weighted by molar-refractivity contribution is 7.11. The molecule has 2 amide bonds. The molecular weight excluding hydrogens is 238 g/mol. The van der Waals surface area contributed by atoms with Crippen LogP contribution in [0.3, 0.4) is 0 Å². The van der Waals surface area contributed by atoms with Crippen molar-refractivity contribution in [1.82, 2.24) is 9.88 Å². The third-order valence-corrected chi connectivity index (χ3v) is 4.01. The lowest BCUT2D eigenvalue weighted by Crippen LogP contribution is -2.28. The van der Waals surface area contributed by atoms with Crippen LogP contribution in [0.2, 0.25) is 0 Å². The van der Waals surface area contributed by atoms with E-state index in [0.717, 1.165) is 15.6 Å². The van der Waals surface area contributed by atoms with Crippen LogP contribution in [0.4, 0.5) is 0 Å². The number of aromatic nitrogens is 1. The number of nitrogens with two attached hydrogens (primary N) is 1. The van der Waals surface area contributed by atoms with E-state index < -0.39 is 5.91 Å². The number of amides is 2. The van der Waals surface area contributed by atoms with Gasteiger partial charge in [0.25, 0.3) is 0 Å². The second kappa shape index (κ2) is 4.44.